The van der Waals surface area contributed by atoms with Crippen LogP contribution in [0.4, 0.5) is 0 Å². The number of benzene rings is 4. The first-order valence-electron chi connectivity index (χ1n) is 13.2. The van der Waals surface area contributed by atoms with E-state index < -0.39 is 22.8 Å². The van der Waals surface area contributed by atoms with E-state index >= 15 is 0 Å². The van der Waals surface area contributed by atoms with Crippen LogP contribution in [-0.2, 0) is 20.4 Å². The first-order valence-corrected chi connectivity index (χ1v) is 13.2. The van der Waals surface area contributed by atoms with Crippen LogP contribution < -0.4 is 18.9 Å². The predicted molar refractivity (Wildman–Crippen MR) is 151 cm³/mol. The van der Waals surface area contributed by atoms with Crippen LogP contribution in [0.25, 0.3) is 0 Å². The Hall–Kier alpha value is -4.58. The molecule has 2 atom stereocenters. The highest BCUT2D eigenvalue weighted by Gasteiger charge is 2.73. The second-order valence-corrected chi connectivity index (χ2v) is 10.7. The van der Waals surface area contributed by atoms with Crippen LogP contribution in [0.2, 0.25) is 0 Å². The van der Waals surface area contributed by atoms with E-state index in [0.29, 0.717) is 45.3 Å². The molecule has 0 radical (unpaired) electrons. The molecule has 0 bridgehead atoms. The lowest BCUT2D eigenvalue weighted by Crippen LogP contribution is -2.58. The van der Waals surface area contributed by atoms with Gasteiger partial charge in [0.25, 0.3) is 0 Å². The van der Waals surface area contributed by atoms with Gasteiger partial charge in [-0.25, -0.2) is 0 Å². The van der Waals surface area contributed by atoms with Crippen LogP contribution in [0, 0.1) is 27.7 Å². The van der Waals surface area contributed by atoms with Gasteiger partial charge in [-0.1, -0.05) is 70.8 Å². The molecule has 202 valence electrons. The minimum Gasteiger partial charge on any atom is -0.496 e. The summed E-state index contributed by atoms with van der Waals surface area (Å²) in [6.07, 6.45) is 0. The summed E-state index contributed by atoms with van der Waals surface area (Å²) in [7, 11) is 3.12. The molecule has 4 aromatic rings. The van der Waals surface area contributed by atoms with Crippen molar-refractivity contribution in [3.8, 4) is 23.0 Å². The van der Waals surface area contributed by atoms with Crippen molar-refractivity contribution in [2.45, 2.75) is 38.5 Å². The number of hydrogen-bond donors (Lipinski definition) is 0. The van der Waals surface area contributed by atoms with Crippen LogP contribution in [0.15, 0.2) is 72.8 Å². The fraction of sp³-hybridized carbons (Fsp3) is 0.235. The van der Waals surface area contributed by atoms with Gasteiger partial charge < -0.3 is 18.9 Å². The lowest BCUT2D eigenvalue weighted by Gasteiger charge is -2.43. The quantitative estimate of drug-likeness (QED) is 0.229. The van der Waals surface area contributed by atoms with Crippen molar-refractivity contribution >= 4 is 11.9 Å². The van der Waals surface area contributed by atoms with Crippen molar-refractivity contribution in [2.24, 2.45) is 0 Å². The molecular formula is C34H30O6. The molecule has 6 heteroatoms. The largest absolute Gasteiger partial charge is 0.496 e. The van der Waals surface area contributed by atoms with Gasteiger partial charge in [-0.3, -0.25) is 9.59 Å². The summed E-state index contributed by atoms with van der Waals surface area (Å²) in [6, 6.07) is 22.5. The van der Waals surface area contributed by atoms with E-state index in [1.807, 2.05) is 88.4 Å². The van der Waals surface area contributed by atoms with Crippen LogP contribution in [0.1, 0.15) is 44.5 Å². The average molecular weight is 535 g/mol. The molecule has 0 N–H and O–H groups in total. The van der Waals surface area contributed by atoms with Crippen molar-refractivity contribution in [2.75, 3.05) is 14.2 Å². The molecule has 0 spiro atoms. The van der Waals surface area contributed by atoms with E-state index in [0.717, 1.165) is 22.3 Å². The molecule has 2 aliphatic heterocycles. The molecule has 2 heterocycles. The lowest BCUT2D eigenvalue weighted by molar-refractivity contribution is -0.147. The summed E-state index contributed by atoms with van der Waals surface area (Å²) in [5.41, 5.74) is 2.33. The Kier molecular flexibility index (Phi) is 5.77. The summed E-state index contributed by atoms with van der Waals surface area (Å²) in [5.74, 6) is 0.505. The molecule has 6 rings (SSSR count). The van der Waals surface area contributed by atoms with E-state index in [4.69, 9.17) is 18.9 Å². The Morgan fingerprint density at radius 3 is 1.18 bits per heavy atom. The molecule has 40 heavy (non-hydrogen) atoms. The number of carbonyl (C=O) groups excluding carboxylic acids is 2. The molecule has 0 aromatic heterocycles. The molecule has 0 amide bonds. The van der Waals surface area contributed by atoms with Gasteiger partial charge in [0.05, 0.1) is 14.2 Å². The Balaban J connectivity index is 1.93. The maximum atomic E-state index is 14.8. The lowest BCUT2D eigenvalue weighted by atomic mass is 9.51. The van der Waals surface area contributed by atoms with Crippen LogP contribution >= 0.6 is 0 Å². The highest BCUT2D eigenvalue weighted by atomic mass is 16.6. The van der Waals surface area contributed by atoms with E-state index in [9.17, 15) is 9.59 Å². The van der Waals surface area contributed by atoms with Gasteiger partial charge in [0.15, 0.2) is 0 Å². The van der Waals surface area contributed by atoms with E-state index in [-0.39, 0.29) is 0 Å². The van der Waals surface area contributed by atoms with E-state index in [2.05, 4.69) is 0 Å². The highest BCUT2D eigenvalue weighted by molar-refractivity contribution is 6.09. The third kappa shape index (κ3) is 3.22. The van der Waals surface area contributed by atoms with E-state index in [1.165, 1.54) is 0 Å². The molecule has 0 fully saturated rings. The zero-order valence-corrected chi connectivity index (χ0v) is 23.4. The molecule has 0 unspecified atom stereocenters. The highest BCUT2D eigenvalue weighted by Crippen LogP contribution is 2.65. The number of hydrogen-bond acceptors (Lipinski definition) is 6. The van der Waals surface area contributed by atoms with Gasteiger partial charge in [-0.2, -0.15) is 0 Å². The summed E-state index contributed by atoms with van der Waals surface area (Å²) in [5, 5.41) is 0. The van der Waals surface area contributed by atoms with Gasteiger partial charge in [0.1, 0.15) is 33.8 Å². The third-order valence-electron chi connectivity index (χ3n) is 8.18. The molecule has 2 aliphatic rings. The monoisotopic (exact) mass is 534 g/mol. The fourth-order valence-corrected chi connectivity index (χ4v) is 6.48. The second kappa shape index (κ2) is 8.98. The zero-order valence-electron chi connectivity index (χ0n) is 23.4. The smallest absolute Gasteiger partial charge is 0.328 e. The molecule has 0 saturated carbocycles. The number of esters is 2. The van der Waals surface area contributed by atoms with Crippen LogP contribution in [0.5, 0.6) is 23.0 Å². The number of aryl methyl sites for hydroxylation is 4. The number of carbonyl (C=O) groups is 2. The first-order chi connectivity index (χ1) is 19.2. The first kappa shape index (κ1) is 25.7. The summed E-state index contributed by atoms with van der Waals surface area (Å²) >= 11 is 0. The number of methoxy groups -OCH3 is 2. The molecule has 6 nitrogen and oxygen atoms in total. The van der Waals surface area contributed by atoms with Crippen molar-refractivity contribution in [1.82, 2.24) is 0 Å². The number of rotatable bonds is 5. The van der Waals surface area contributed by atoms with E-state index in [1.54, 1.807) is 26.4 Å². The minimum atomic E-state index is -1.72. The number of fused-ring (bicyclic) bond motifs is 2. The standard InChI is InChI=1S/C34H30O6/c1-19-7-11-27(37-5)23(15-19)33(25-17-21(3)9-13-29(25)39-31(33)35)34(24-16-20(2)8-12-28(24)38-6)26-18-22(4)10-14-30(26)40-32(34)36/h7-18H,1-6H3/t33-,34-/m1/s1. The van der Waals surface area contributed by atoms with Gasteiger partial charge in [0, 0.05) is 22.3 Å². The van der Waals surface area contributed by atoms with Gasteiger partial charge in [-0.05, 0) is 52.0 Å². The molecule has 4 aromatic carbocycles. The van der Waals surface area contributed by atoms with Crippen molar-refractivity contribution in [1.29, 1.82) is 0 Å². The van der Waals surface area contributed by atoms with Gasteiger partial charge in [0.2, 0.25) is 0 Å². The summed E-state index contributed by atoms with van der Waals surface area (Å²) in [4.78, 5) is 29.6. The Bertz CT molecular complexity index is 1590. The number of ether oxygens (including phenoxy) is 4. The molecule has 0 aliphatic carbocycles. The van der Waals surface area contributed by atoms with Crippen molar-refractivity contribution in [3.63, 3.8) is 0 Å². The van der Waals surface area contributed by atoms with Gasteiger partial charge in [-0.15, -0.1) is 0 Å². The SMILES string of the molecule is COc1ccc(C)cc1[C@]1([C@@]2(c3cc(C)ccc3OC)C(=O)Oc3ccc(C)cc32)C(=O)Oc2ccc(C)cc21. The average Bonchev–Trinajstić information content (AvgIpc) is 3.38. The maximum absolute atomic E-state index is 14.8. The Morgan fingerprint density at radius 1 is 0.500 bits per heavy atom. The summed E-state index contributed by atoms with van der Waals surface area (Å²) in [6.45, 7) is 7.79. The van der Waals surface area contributed by atoms with Gasteiger partial charge >= 0.3 is 11.9 Å². The van der Waals surface area contributed by atoms with Crippen LogP contribution in [0.3, 0.4) is 0 Å². The predicted octanol–water partition coefficient (Wildman–Crippen LogP) is 6.05. The van der Waals surface area contributed by atoms with Crippen molar-refractivity contribution < 1.29 is 28.5 Å². The van der Waals surface area contributed by atoms with Crippen LogP contribution in [-0.4, -0.2) is 26.2 Å². The topological polar surface area (TPSA) is 71.1 Å². The molecular weight excluding hydrogens is 504 g/mol. The maximum Gasteiger partial charge on any atom is 0.328 e. The Labute approximate surface area is 233 Å². The second-order valence-electron chi connectivity index (χ2n) is 10.7. The molecule has 0 saturated heterocycles. The summed E-state index contributed by atoms with van der Waals surface area (Å²) < 4.78 is 24.0. The third-order valence-corrected chi connectivity index (χ3v) is 8.18. The van der Waals surface area contributed by atoms with Crippen molar-refractivity contribution in [3.05, 3.63) is 117 Å². The normalized spacial score (nSPS) is 20.9. The minimum absolute atomic E-state index is 0.388. The fourth-order valence-electron chi connectivity index (χ4n) is 6.48. The Morgan fingerprint density at radius 2 is 0.825 bits per heavy atom. The zero-order chi connectivity index (χ0) is 28.4.